The molecule has 4 nitrogen and oxygen atoms in total. The van der Waals surface area contributed by atoms with Gasteiger partial charge in [0.25, 0.3) is 5.92 Å². The van der Waals surface area contributed by atoms with Crippen molar-refractivity contribution in [3.63, 3.8) is 0 Å². The Balaban J connectivity index is 2.92. The van der Waals surface area contributed by atoms with Crippen molar-refractivity contribution >= 4 is 15.8 Å². The largest absolute Gasteiger partial charge is 0.469 e. The summed E-state index contributed by atoms with van der Waals surface area (Å²) in [6.07, 6.45) is -1.18. The van der Waals surface area contributed by atoms with Crippen molar-refractivity contribution in [1.82, 2.24) is 0 Å². The van der Waals surface area contributed by atoms with E-state index in [4.69, 9.17) is 0 Å². The maximum atomic E-state index is 13.3. The summed E-state index contributed by atoms with van der Waals surface area (Å²) in [4.78, 5) is 11.0. The third kappa shape index (κ3) is 2.87. The number of carbonyl (C=O) groups is 1. The third-order valence-corrected chi connectivity index (χ3v) is 4.14. The van der Waals surface area contributed by atoms with Crippen LogP contribution in [0, 0.1) is 5.92 Å². The summed E-state index contributed by atoms with van der Waals surface area (Å²) in [6.45, 7) is 0. The Morgan fingerprint density at radius 1 is 1.40 bits per heavy atom. The lowest BCUT2D eigenvalue weighted by Gasteiger charge is -2.21. The standard InChI is InChI=1S/C8H12F2O4S/c1-14-7(11)6-2-4-15(12,13)5-3-8(6,9)10/h6H,2-5H2,1H3. The van der Waals surface area contributed by atoms with Crippen LogP contribution < -0.4 is 0 Å². The van der Waals surface area contributed by atoms with E-state index in [0.29, 0.717) is 0 Å². The van der Waals surface area contributed by atoms with Crippen molar-refractivity contribution in [3.8, 4) is 0 Å². The zero-order valence-corrected chi connectivity index (χ0v) is 9.02. The van der Waals surface area contributed by atoms with Crippen LogP contribution in [0.4, 0.5) is 8.78 Å². The average Bonchev–Trinajstić information content (AvgIpc) is 2.24. The molecule has 1 saturated heterocycles. The molecule has 0 amide bonds. The minimum atomic E-state index is -3.45. The monoisotopic (exact) mass is 242 g/mol. The lowest BCUT2D eigenvalue weighted by atomic mass is 9.97. The van der Waals surface area contributed by atoms with Crippen LogP contribution in [0.5, 0.6) is 0 Å². The van der Waals surface area contributed by atoms with Crippen molar-refractivity contribution in [2.24, 2.45) is 5.92 Å². The van der Waals surface area contributed by atoms with E-state index in [2.05, 4.69) is 4.74 Å². The fourth-order valence-electron chi connectivity index (χ4n) is 1.51. The molecule has 1 atom stereocenters. The Hall–Kier alpha value is -0.720. The molecule has 0 saturated carbocycles. The fraction of sp³-hybridized carbons (Fsp3) is 0.875. The van der Waals surface area contributed by atoms with Crippen LogP contribution in [0.25, 0.3) is 0 Å². The van der Waals surface area contributed by atoms with Crippen LogP contribution in [0.15, 0.2) is 0 Å². The molecule has 1 heterocycles. The number of sulfone groups is 1. The Morgan fingerprint density at radius 3 is 2.53 bits per heavy atom. The molecule has 0 radical (unpaired) electrons. The zero-order chi connectivity index (χ0) is 11.7. The first-order valence-corrected chi connectivity index (χ1v) is 6.27. The lowest BCUT2D eigenvalue weighted by Crippen LogP contribution is -2.35. The van der Waals surface area contributed by atoms with Crippen LogP contribution in [0.1, 0.15) is 12.8 Å². The highest BCUT2D eigenvalue weighted by atomic mass is 32.2. The van der Waals surface area contributed by atoms with Gasteiger partial charge >= 0.3 is 5.97 Å². The number of hydrogen-bond acceptors (Lipinski definition) is 4. The van der Waals surface area contributed by atoms with Gasteiger partial charge in [0.2, 0.25) is 0 Å². The number of esters is 1. The number of rotatable bonds is 1. The van der Waals surface area contributed by atoms with E-state index in [-0.39, 0.29) is 12.2 Å². The van der Waals surface area contributed by atoms with Gasteiger partial charge in [0.1, 0.15) is 5.92 Å². The molecule has 0 spiro atoms. The Labute approximate surface area is 86.5 Å². The molecule has 1 aliphatic heterocycles. The van der Waals surface area contributed by atoms with Crippen LogP contribution in [0.2, 0.25) is 0 Å². The van der Waals surface area contributed by atoms with Crippen molar-refractivity contribution in [2.75, 3.05) is 18.6 Å². The van der Waals surface area contributed by atoms with Crippen LogP contribution in [-0.2, 0) is 19.4 Å². The van der Waals surface area contributed by atoms with Gasteiger partial charge in [-0.05, 0) is 6.42 Å². The molecular formula is C8H12F2O4S. The molecule has 7 heteroatoms. The summed E-state index contributed by atoms with van der Waals surface area (Å²) >= 11 is 0. The molecule has 15 heavy (non-hydrogen) atoms. The van der Waals surface area contributed by atoms with E-state index in [1.165, 1.54) is 0 Å². The van der Waals surface area contributed by atoms with Gasteiger partial charge in [-0.15, -0.1) is 0 Å². The van der Waals surface area contributed by atoms with E-state index in [9.17, 15) is 22.0 Å². The fourth-order valence-corrected chi connectivity index (χ4v) is 2.89. The normalized spacial score (nSPS) is 29.1. The van der Waals surface area contributed by atoms with E-state index in [1.807, 2.05) is 0 Å². The summed E-state index contributed by atoms with van der Waals surface area (Å²) < 4.78 is 53.2. The van der Waals surface area contributed by atoms with E-state index in [1.54, 1.807) is 0 Å². The number of alkyl halides is 2. The molecule has 0 aliphatic carbocycles. The van der Waals surface area contributed by atoms with E-state index >= 15 is 0 Å². The lowest BCUT2D eigenvalue weighted by molar-refractivity contribution is -0.160. The quantitative estimate of drug-likeness (QED) is 0.632. The summed E-state index contributed by atoms with van der Waals surface area (Å²) in [5.41, 5.74) is 0. The molecular weight excluding hydrogens is 230 g/mol. The van der Waals surface area contributed by atoms with E-state index < -0.39 is 39.8 Å². The number of carbonyl (C=O) groups excluding carboxylic acids is 1. The van der Waals surface area contributed by atoms with E-state index in [0.717, 1.165) is 7.11 Å². The average molecular weight is 242 g/mol. The summed E-state index contributed by atoms with van der Waals surface area (Å²) in [5.74, 6) is -6.94. The second-order valence-electron chi connectivity index (χ2n) is 3.53. The molecule has 1 unspecified atom stereocenters. The second-order valence-corrected chi connectivity index (χ2v) is 5.83. The zero-order valence-electron chi connectivity index (χ0n) is 8.20. The molecule has 1 fully saturated rings. The molecule has 1 aliphatic rings. The molecule has 0 aromatic rings. The van der Waals surface area contributed by atoms with Gasteiger partial charge < -0.3 is 4.74 Å². The van der Waals surface area contributed by atoms with Crippen molar-refractivity contribution in [3.05, 3.63) is 0 Å². The first-order chi connectivity index (χ1) is 6.78. The molecule has 0 N–H and O–H groups in total. The highest BCUT2D eigenvalue weighted by molar-refractivity contribution is 7.91. The summed E-state index contributed by atoms with van der Waals surface area (Å²) in [5, 5.41) is 0. The van der Waals surface area contributed by atoms with Crippen molar-refractivity contribution < 1.29 is 26.7 Å². The second kappa shape index (κ2) is 4.03. The predicted molar refractivity (Wildman–Crippen MR) is 48.3 cm³/mol. The minimum Gasteiger partial charge on any atom is -0.469 e. The van der Waals surface area contributed by atoms with Gasteiger partial charge in [0.15, 0.2) is 9.84 Å². The van der Waals surface area contributed by atoms with Gasteiger partial charge in [-0.25, -0.2) is 17.2 Å². The highest BCUT2D eigenvalue weighted by Gasteiger charge is 2.47. The van der Waals surface area contributed by atoms with Gasteiger partial charge in [0.05, 0.1) is 18.6 Å². The summed E-state index contributed by atoms with van der Waals surface area (Å²) in [7, 11) is -2.44. The smallest absolute Gasteiger partial charge is 0.314 e. The highest BCUT2D eigenvalue weighted by Crippen LogP contribution is 2.35. The number of hydrogen-bond donors (Lipinski definition) is 0. The van der Waals surface area contributed by atoms with Crippen molar-refractivity contribution in [2.45, 2.75) is 18.8 Å². The third-order valence-electron chi connectivity index (χ3n) is 2.46. The van der Waals surface area contributed by atoms with Gasteiger partial charge in [-0.1, -0.05) is 0 Å². The number of methoxy groups -OCH3 is 1. The molecule has 1 rings (SSSR count). The maximum Gasteiger partial charge on any atom is 0.314 e. The first kappa shape index (κ1) is 12.4. The van der Waals surface area contributed by atoms with Crippen LogP contribution in [-0.4, -0.2) is 38.9 Å². The maximum absolute atomic E-state index is 13.3. The SMILES string of the molecule is COC(=O)C1CCS(=O)(=O)CCC1(F)F. The van der Waals surface area contributed by atoms with Crippen molar-refractivity contribution in [1.29, 1.82) is 0 Å². The van der Waals surface area contributed by atoms with Gasteiger partial charge in [0, 0.05) is 6.42 Å². The first-order valence-electron chi connectivity index (χ1n) is 4.44. The molecule has 0 bridgehead atoms. The molecule has 0 aromatic carbocycles. The number of halogens is 2. The summed E-state index contributed by atoms with van der Waals surface area (Å²) in [6, 6.07) is 0. The van der Waals surface area contributed by atoms with Crippen LogP contribution >= 0.6 is 0 Å². The Morgan fingerprint density at radius 2 is 2.00 bits per heavy atom. The minimum absolute atomic E-state index is 0.373. The van der Waals surface area contributed by atoms with Crippen LogP contribution in [0.3, 0.4) is 0 Å². The van der Waals surface area contributed by atoms with Gasteiger partial charge in [-0.3, -0.25) is 4.79 Å². The topological polar surface area (TPSA) is 60.4 Å². The Bertz CT molecular complexity index is 350. The number of ether oxygens (including phenoxy) is 1. The molecule has 0 aromatic heterocycles. The molecule has 88 valence electrons. The van der Waals surface area contributed by atoms with Gasteiger partial charge in [-0.2, -0.15) is 0 Å². The Kier molecular flexibility index (Phi) is 3.32. The predicted octanol–water partition coefficient (Wildman–Crippen LogP) is 0.620.